The molecule has 8 heteroatoms. The van der Waals surface area contributed by atoms with Crippen LogP contribution in [-0.4, -0.2) is 59.5 Å². The highest BCUT2D eigenvalue weighted by atomic mass is 32.1. The fourth-order valence-corrected chi connectivity index (χ4v) is 4.02. The second-order valence-corrected chi connectivity index (χ2v) is 8.81. The maximum Gasteiger partial charge on any atom is 0.512 e. The summed E-state index contributed by atoms with van der Waals surface area (Å²) in [4.78, 5) is 11.9. The second kappa shape index (κ2) is 16.9. The zero-order valence-electron chi connectivity index (χ0n) is 20.9. The van der Waals surface area contributed by atoms with Crippen molar-refractivity contribution in [2.45, 2.75) is 85.5 Å². The minimum absolute atomic E-state index is 0.288. The molecule has 1 aliphatic heterocycles. The van der Waals surface area contributed by atoms with Crippen LogP contribution in [0.5, 0.6) is 5.88 Å². The van der Waals surface area contributed by atoms with Gasteiger partial charge in [0.25, 0.3) is 5.88 Å². The van der Waals surface area contributed by atoms with Crippen LogP contribution < -0.4 is 4.74 Å². The lowest BCUT2D eigenvalue weighted by Gasteiger charge is -2.36. The average Bonchev–Trinajstić information content (AvgIpc) is 3.27. The number of carbonyl (C=O) groups is 1. The number of hydrogen-bond donors (Lipinski definition) is 0. The minimum Gasteiger partial charge on any atom is -0.475 e. The standard InChI is InChI=1S/C22H38N3O4S.C2H6/c1-4-6-8-10-15-27-21-20(23-30-24-21)19-13-12-14-25(3,17-19)18-29-22(26)28-16-11-9-7-5-2;1-2/h13H,4-12,14-18H2,1-3H3;1-2H3/q+1;. The molecule has 1 unspecified atom stereocenters. The van der Waals surface area contributed by atoms with Gasteiger partial charge in [0.1, 0.15) is 12.2 Å². The highest BCUT2D eigenvalue weighted by molar-refractivity contribution is 6.99. The van der Waals surface area contributed by atoms with E-state index in [1.54, 1.807) is 0 Å². The summed E-state index contributed by atoms with van der Waals surface area (Å²) < 4.78 is 25.9. The van der Waals surface area contributed by atoms with Crippen LogP contribution in [-0.2, 0) is 9.47 Å². The number of unbranched alkanes of at least 4 members (excludes halogenated alkanes) is 6. The molecule has 2 rings (SSSR count). The number of rotatable bonds is 14. The number of carbonyl (C=O) groups excluding carboxylic acids is 1. The van der Waals surface area contributed by atoms with Gasteiger partial charge in [-0.15, -0.1) is 4.37 Å². The lowest BCUT2D eigenvalue weighted by Crippen LogP contribution is -2.49. The fraction of sp³-hybridized carbons (Fsp3) is 0.792. The van der Waals surface area contributed by atoms with E-state index in [0.717, 1.165) is 56.5 Å². The van der Waals surface area contributed by atoms with Gasteiger partial charge in [0.2, 0.25) is 6.73 Å². The van der Waals surface area contributed by atoms with E-state index in [1.165, 1.54) is 37.4 Å². The van der Waals surface area contributed by atoms with E-state index in [4.69, 9.17) is 14.2 Å². The maximum absolute atomic E-state index is 11.9. The lowest BCUT2D eigenvalue weighted by atomic mass is 10.1. The largest absolute Gasteiger partial charge is 0.512 e. The molecule has 184 valence electrons. The number of hydrogen-bond acceptors (Lipinski definition) is 7. The molecular weight excluding hydrogens is 426 g/mol. The third-order valence-corrected chi connectivity index (χ3v) is 5.83. The Labute approximate surface area is 199 Å². The summed E-state index contributed by atoms with van der Waals surface area (Å²) in [6.07, 6.45) is 11.5. The Morgan fingerprint density at radius 1 is 1.00 bits per heavy atom. The first-order valence-electron chi connectivity index (χ1n) is 12.4. The molecule has 0 radical (unpaired) electrons. The molecule has 0 N–H and O–H groups in total. The van der Waals surface area contributed by atoms with Crippen molar-refractivity contribution in [2.75, 3.05) is 40.1 Å². The van der Waals surface area contributed by atoms with Gasteiger partial charge in [-0.3, -0.25) is 4.48 Å². The Morgan fingerprint density at radius 2 is 1.69 bits per heavy atom. The first-order valence-corrected chi connectivity index (χ1v) is 13.1. The average molecular weight is 471 g/mol. The summed E-state index contributed by atoms with van der Waals surface area (Å²) in [7, 11) is 2.09. The van der Waals surface area contributed by atoms with Gasteiger partial charge in [-0.2, -0.15) is 4.37 Å². The van der Waals surface area contributed by atoms with Crippen molar-refractivity contribution in [3.8, 4) is 5.88 Å². The van der Waals surface area contributed by atoms with Crippen molar-refractivity contribution < 1.29 is 23.5 Å². The van der Waals surface area contributed by atoms with Crippen molar-refractivity contribution in [1.82, 2.24) is 8.75 Å². The molecule has 1 aromatic rings. The van der Waals surface area contributed by atoms with Crippen molar-refractivity contribution in [3.63, 3.8) is 0 Å². The molecule has 0 saturated heterocycles. The van der Waals surface area contributed by atoms with E-state index in [1.807, 2.05) is 13.8 Å². The fourth-order valence-electron chi connectivity index (χ4n) is 3.49. The van der Waals surface area contributed by atoms with Crippen LogP contribution >= 0.6 is 11.7 Å². The van der Waals surface area contributed by atoms with Crippen LogP contribution in [0.2, 0.25) is 0 Å². The molecule has 2 heterocycles. The zero-order valence-corrected chi connectivity index (χ0v) is 21.7. The Bertz CT molecular complexity index is 665. The predicted molar refractivity (Wildman–Crippen MR) is 131 cm³/mol. The van der Waals surface area contributed by atoms with E-state index in [-0.39, 0.29) is 6.73 Å². The molecule has 32 heavy (non-hydrogen) atoms. The topological polar surface area (TPSA) is 70.5 Å². The molecule has 0 fully saturated rings. The van der Waals surface area contributed by atoms with Crippen molar-refractivity contribution >= 4 is 23.5 Å². The molecule has 0 aromatic carbocycles. The Balaban J connectivity index is 0.00000249. The molecule has 1 atom stereocenters. The highest BCUT2D eigenvalue weighted by Gasteiger charge is 2.31. The van der Waals surface area contributed by atoms with E-state index in [9.17, 15) is 4.79 Å². The quantitative estimate of drug-likeness (QED) is 0.177. The zero-order chi connectivity index (χ0) is 23.7. The van der Waals surface area contributed by atoms with Gasteiger partial charge in [-0.05, 0) is 12.8 Å². The first-order chi connectivity index (χ1) is 15.6. The Hall–Kier alpha value is -1.67. The molecule has 0 bridgehead atoms. The molecule has 1 aliphatic rings. The van der Waals surface area contributed by atoms with E-state index in [0.29, 0.717) is 23.6 Å². The van der Waals surface area contributed by atoms with Crippen molar-refractivity contribution in [1.29, 1.82) is 0 Å². The molecule has 1 aromatic heterocycles. The molecule has 0 amide bonds. The van der Waals surface area contributed by atoms with Crippen molar-refractivity contribution in [2.24, 2.45) is 0 Å². The summed E-state index contributed by atoms with van der Waals surface area (Å²) in [5.41, 5.74) is 1.94. The minimum atomic E-state index is -0.576. The summed E-state index contributed by atoms with van der Waals surface area (Å²) in [6.45, 7) is 11.4. The van der Waals surface area contributed by atoms with Crippen LogP contribution in [0.1, 0.15) is 91.2 Å². The van der Waals surface area contributed by atoms with Gasteiger partial charge in [-0.25, -0.2) is 4.79 Å². The van der Waals surface area contributed by atoms with Crippen LogP contribution in [0.4, 0.5) is 4.79 Å². The van der Waals surface area contributed by atoms with Crippen LogP contribution in [0.25, 0.3) is 5.57 Å². The lowest BCUT2D eigenvalue weighted by molar-refractivity contribution is -0.919. The second-order valence-electron chi connectivity index (χ2n) is 8.28. The van der Waals surface area contributed by atoms with Gasteiger partial charge in [-0.1, -0.05) is 72.3 Å². The van der Waals surface area contributed by atoms with Gasteiger partial charge in [0.05, 0.1) is 38.5 Å². The SMILES string of the molecule is CC.CCCCCCOC(=O)OC[N+]1(C)CCC=C(c2nsnc2OCCCCCC)C1. The van der Waals surface area contributed by atoms with Crippen molar-refractivity contribution in [3.05, 3.63) is 11.8 Å². The number of nitrogens with zero attached hydrogens (tertiary/aromatic N) is 3. The summed E-state index contributed by atoms with van der Waals surface area (Å²) in [5.74, 6) is 0.628. The van der Waals surface area contributed by atoms with Gasteiger partial charge < -0.3 is 14.2 Å². The molecule has 0 aliphatic carbocycles. The third-order valence-electron chi connectivity index (χ3n) is 5.32. The summed E-state index contributed by atoms with van der Waals surface area (Å²) in [6, 6.07) is 0. The van der Waals surface area contributed by atoms with Crippen LogP contribution in [0.15, 0.2) is 6.08 Å². The van der Waals surface area contributed by atoms with Crippen LogP contribution in [0.3, 0.4) is 0 Å². The Morgan fingerprint density at radius 3 is 2.38 bits per heavy atom. The molecule has 7 nitrogen and oxygen atoms in total. The first kappa shape index (κ1) is 28.4. The smallest absolute Gasteiger partial charge is 0.475 e. The van der Waals surface area contributed by atoms with Gasteiger partial charge in [0, 0.05) is 12.0 Å². The van der Waals surface area contributed by atoms with E-state index >= 15 is 0 Å². The third kappa shape index (κ3) is 10.8. The van der Waals surface area contributed by atoms with Gasteiger partial charge in [0.15, 0.2) is 0 Å². The number of aromatic nitrogens is 2. The predicted octanol–water partition coefficient (Wildman–Crippen LogP) is 6.45. The monoisotopic (exact) mass is 470 g/mol. The number of likely N-dealkylation sites (N-methyl/N-ethyl adjacent to an activating group) is 1. The highest BCUT2D eigenvalue weighted by Crippen LogP contribution is 2.30. The normalized spacial score (nSPS) is 17.7. The number of ether oxygens (including phenoxy) is 3. The molecule has 0 spiro atoms. The summed E-state index contributed by atoms with van der Waals surface area (Å²) in [5, 5.41) is 0. The van der Waals surface area contributed by atoms with Gasteiger partial charge >= 0.3 is 6.16 Å². The maximum atomic E-state index is 11.9. The Kier molecular flexibility index (Phi) is 15.0. The van der Waals surface area contributed by atoms with E-state index < -0.39 is 6.16 Å². The summed E-state index contributed by atoms with van der Waals surface area (Å²) >= 11 is 1.18. The number of quaternary nitrogens is 1. The van der Waals surface area contributed by atoms with Crippen LogP contribution in [0, 0.1) is 0 Å². The molecule has 0 saturated carbocycles. The molecular formula is C24H44N3O4S+. The van der Waals surface area contributed by atoms with E-state index in [2.05, 4.69) is 35.7 Å².